The molecule has 0 aromatic heterocycles. The second kappa shape index (κ2) is 10.5. The molecule has 2 N–H and O–H groups in total. The van der Waals surface area contributed by atoms with Crippen molar-refractivity contribution in [3.63, 3.8) is 0 Å². The number of allylic oxidation sites excluding steroid dienone is 1. The van der Waals surface area contributed by atoms with Gasteiger partial charge in [0.15, 0.2) is 12.2 Å². The van der Waals surface area contributed by atoms with Crippen LogP contribution in [0, 0.1) is 11.8 Å². The molecule has 1 aliphatic carbocycles. The number of aliphatic hydroxyl groups excluding tert-OH is 2. The number of carbonyl (C=O) groups excluding carboxylic acids is 3. The molecule has 0 saturated carbocycles. The van der Waals surface area contributed by atoms with Crippen LogP contribution < -0.4 is 0 Å². The molecule has 1 saturated heterocycles. The maximum Gasteiger partial charge on any atom is 0.334 e. The van der Waals surface area contributed by atoms with Gasteiger partial charge < -0.3 is 24.4 Å². The van der Waals surface area contributed by atoms with E-state index in [2.05, 4.69) is 6.58 Å². The van der Waals surface area contributed by atoms with Crippen LogP contribution in [-0.2, 0) is 28.6 Å². The first kappa shape index (κ1) is 23.8. The summed E-state index contributed by atoms with van der Waals surface area (Å²) < 4.78 is 16.7. The van der Waals surface area contributed by atoms with Gasteiger partial charge >= 0.3 is 17.9 Å². The Morgan fingerprint density at radius 3 is 2.57 bits per heavy atom. The van der Waals surface area contributed by atoms with E-state index in [1.165, 1.54) is 6.92 Å². The summed E-state index contributed by atoms with van der Waals surface area (Å²) in [4.78, 5) is 36.8. The Morgan fingerprint density at radius 2 is 2.00 bits per heavy atom. The lowest BCUT2D eigenvalue weighted by molar-refractivity contribution is -0.171. The molecule has 0 spiro atoms. The normalized spacial score (nSPS) is 31.4. The van der Waals surface area contributed by atoms with Crippen LogP contribution in [-0.4, -0.2) is 59.6 Å². The van der Waals surface area contributed by atoms with Gasteiger partial charge in [-0.15, -0.1) is 0 Å². The number of hydrogen-bond donors (Lipinski definition) is 2. The molecule has 2 rings (SSSR count). The monoisotopic (exact) mass is 422 g/mol. The largest absolute Gasteiger partial charge is 0.457 e. The third-order valence-electron chi connectivity index (χ3n) is 5.50. The molecule has 166 valence electrons. The van der Waals surface area contributed by atoms with Crippen molar-refractivity contribution in [2.45, 2.75) is 58.3 Å². The quantitative estimate of drug-likeness (QED) is 0.287. The van der Waals surface area contributed by atoms with Gasteiger partial charge in [0.2, 0.25) is 0 Å². The molecular formula is C22H30O8. The molecule has 1 heterocycles. The van der Waals surface area contributed by atoms with Crippen LogP contribution in [0.5, 0.6) is 0 Å². The zero-order chi connectivity index (χ0) is 22.4. The Kier molecular flexibility index (Phi) is 8.37. The lowest BCUT2D eigenvalue weighted by Gasteiger charge is -2.34. The molecule has 8 nitrogen and oxygen atoms in total. The van der Waals surface area contributed by atoms with E-state index >= 15 is 0 Å². The molecule has 1 fully saturated rings. The average molecular weight is 422 g/mol. The zero-order valence-corrected chi connectivity index (χ0v) is 17.6. The summed E-state index contributed by atoms with van der Waals surface area (Å²) in [5, 5.41) is 19.6. The Labute approximate surface area is 176 Å². The van der Waals surface area contributed by atoms with E-state index in [1.54, 1.807) is 19.1 Å². The smallest absolute Gasteiger partial charge is 0.334 e. The van der Waals surface area contributed by atoms with E-state index in [4.69, 9.17) is 14.2 Å². The number of fused-ring (bicyclic) bond motifs is 1. The van der Waals surface area contributed by atoms with Gasteiger partial charge in [0, 0.05) is 12.5 Å². The maximum absolute atomic E-state index is 12.7. The van der Waals surface area contributed by atoms with Gasteiger partial charge in [-0.1, -0.05) is 26.5 Å². The van der Waals surface area contributed by atoms with E-state index in [0.717, 1.165) is 0 Å². The maximum atomic E-state index is 12.7. The van der Waals surface area contributed by atoms with Crippen molar-refractivity contribution in [2.75, 3.05) is 13.2 Å². The first-order valence-electron chi connectivity index (χ1n) is 10.1. The van der Waals surface area contributed by atoms with Gasteiger partial charge in [-0.05, 0) is 36.5 Å². The third kappa shape index (κ3) is 5.37. The lowest BCUT2D eigenvalue weighted by Crippen LogP contribution is -2.46. The van der Waals surface area contributed by atoms with E-state index in [1.807, 2.05) is 6.92 Å². The van der Waals surface area contributed by atoms with E-state index in [0.29, 0.717) is 30.4 Å². The summed E-state index contributed by atoms with van der Waals surface area (Å²) in [7, 11) is 0. The molecular weight excluding hydrogens is 392 g/mol. The lowest BCUT2D eigenvalue weighted by atomic mass is 9.83. The summed E-state index contributed by atoms with van der Waals surface area (Å²) in [5.41, 5.74) is 1.06. The highest BCUT2D eigenvalue weighted by Gasteiger charge is 2.49. The van der Waals surface area contributed by atoms with Crippen LogP contribution in [0.1, 0.15) is 40.0 Å². The van der Waals surface area contributed by atoms with Crippen molar-refractivity contribution in [3.8, 4) is 0 Å². The molecule has 0 bridgehead atoms. The Hall–Kier alpha value is -2.45. The van der Waals surface area contributed by atoms with Crippen molar-refractivity contribution in [2.24, 2.45) is 11.8 Å². The number of carbonyl (C=O) groups is 3. The number of rotatable bonds is 6. The van der Waals surface area contributed by atoms with Gasteiger partial charge in [-0.3, -0.25) is 9.59 Å². The number of hydrogen-bond acceptors (Lipinski definition) is 8. The first-order valence-corrected chi connectivity index (χ1v) is 10.1. The van der Waals surface area contributed by atoms with Crippen molar-refractivity contribution in [3.05, 3.63) is 35.5 Å². The highest BCUT2D eigenvalue weighted by atomic mass is 16.6. The number of ether oxygens (including phenoxy) is 3. The van der Waals surface area contributed by atoms with Gasteiger partial charge in [-0.25, -0.2) is 4.79 Å². The van der Waals surface area contributed by atoms with Crippen LogP contribution in [0.15, 0.2) is 35.5 Å². The Morgan fingerprint density at radius 1 is 1.30 bits per heavy atom. The summed E-state index contributed by atoms with van der Waals surface area (Å²) in [6.45, 7) is 7.89. The molecule has 0 radical (unpaired) electrons. The SMILES string of the molecule is C=C1C(=O)O[C@@H]2/C=C(/CO)CC/C=C(/CO)C(OC(C)=O)[C@@H](OC(=O)C(C)CC)[C@@H]12. The van der Waals surface area contributed by atoms with Gasteiger partial charge in [0.05, 0.1) is 25.0 Å². The minimum absolute atomic E-state index is 0.0745. The average Bonchev–Trinajstić information content (AvgIpc) is 2.99. The van der Waals surface area contributed by atoms with Crippen LogP contribution in [0.25, 0.3) is 0 Å². The van der Waals surface area contributed by atoms with Gasteiger partial charge in [-0.2, -0.15) is 0 Å². The summed E-state index contributed by atoms with van der Waals surface area (Å²) in [6.07, 6.45) is 1.67. The highest BCUT2D eigenvalue weighted by molar-refractivity contribution is 5.91. The second-order valence-electron chi connectivity index (χ2n) is 7.62. The van der Waals surface area contributed by atoms with Crippen LogP contribution in [0.2, 0.25) is 0 Å². The van der Waals surface area contributed by atoms with E-state index in [9.17, 15) is 24.6 Å². The summed E-state index contributed by atoms with van der Waals surface area (Å²) in [6, 6.07) is 0. The van der Waals surface area contributed by atoms with Crippen molar-refractivity contribution in [1.82, 2.24) is 0 Å². The second-order valence-corrected chi connectivity index (χ2v) is 7.62. The fourth-order valence-corrected chi connectivity index (χ4v) is 3.56. The molecule has 2 aliphatic rings. The fourth-order valence-electron chi connectivity index (χ4n) is 3.56. The molecule has 0 aromatic carbocycles. The molecule has 8 heteroatoms. The Balaban J connectivity index is 2.61. The Bertz CT molecular complexity index is 750. The van der Waals surface area contributed by atoms with Gasteiger partial charge in [0.25, 0.3) is 0 Å². The predicted octanol–water partition coefficient (Wildman–Crippen LogP) is 1.60. The summed E-state index contributed by atoms with van der Waals surface area (Å²) in [5.74, 6) is -3.07. The molecule has 30 heavy (non-hydrogen) atoms. The van der Waals surface area contributed by atoms with Crippen LogP contribution in [0.4, 0.5) is 0 Å². The topological polar surface area (TPSA) is 119 Å². The van der Waals surface area contributed by atoms with E-state index in [-0.39, 0.29) is 12.2 Å². The van der Waals surface area contributed by atoms with Gasteiger partial charge in [0.1, 0.15) is 6.10 Å². The number of esters is 3. The molecule has 0 aromatic rings. The summed E-state index contributed by atoms with van der Waals surface area (Å²) >= 11 is 0. The first-order chi connectivity index (χ1) is 14.2. The van der Waals surface area contributed by atoms with Crippen LogP contribution >= 0.6 is 0 Å². The zero-order valence-electron chi connectivity index (χ0n) is 17.6. The van der Waals surface area contributed by atoms with Crippen LogP contribution in [0.3, 0.4) is 0 Å². The van der Waals surface area contributed by atoms with E-state index < -0.39 is 54.7 Å². The standard InChI is InChI=1S/C22H30O8/c1-5-12(2)21(26)30-20-18-13(3)22(27)29-17(18)9-15(10-23)7-6-8-16(11-24)19(20)28-14(4)25/h8-9,12,17-20,23-24H,3,5-7,10-11H2,1-2,4H3/b15-9+,16-8-/t12?,17-,18+,19?,20+/m1/s1. The molecule has 5 atom stereocenters. The predicted molar refractivity (Wildman–Crippen MR) is 107 cm³/mol. The minimum atomic E-state index is -1.13. The van der Waals surface area contributed by atoms with Crippen molar-refractivity contribution >= 4 is 17.9 Å². The fraction of sp³-hybridized carbons (Fsp3) is 0.591. The highest BCUT2D eigenvalue weighted by Crippen LogP contribution is 2.37. The minimum Gasteiger partial charge on any atom is -0.457 e. The van der Waals surface area contributed by atoms with Crippen molar-refractivity contribution in [1.29, 1.82) is 0 Å². The third-order valence-corrected chi connectivity index (χ3v) is 5.50. The molecule has 2 unspecified atom stereocenters. The molecule has 1 aliphatic heterocycles. The molecule has 0 amide bonds. The van der Waals surface area contributed by atoms with Crippen molar-refractivity contribution < 1.29 is 38.8 Å². The number of aliphatic hydroxyl groups is 2.